The highest BCUT2D eigenvalue weighted by Gasteiger charge is 2.35. The van der Waals surface area contributed by atoms with Gasteiger partial charge in [0.15, 0.2) is 0 Å². The third kappa shape index (κ3) is 2.61. The van der Waals surface area contributed by atoms with Gasteiger partial charge in [-0.05, 0) is 24.6 Å². The maximum atomic E-state index is 6.47. The van der Waals surface area contributed by atoms with Crippen molar-refractivity contribution in [3.63, 3.8) is 0 Å². The number of ether oxygens (including phenoxy) is 1. The Kier molecular flexibility index (Phi) is 3.73. The zero-order chi connectivity index (χ0) is 13.2. The molecule has 4 heteroatoms. The second-order valence-corrected chi connectivity index (χ2v) is 5.43. The minimum absolute atomic E-state index is 0.0961. The van der Waals surface area contributed by atoms with Gasteiger partial charge >= 0.3 is 0 Å². The number of piperazine rings is 3. The molecule has 0 aliphatic carbocycles. The Labute approximate surface area is 115 Å². The number of hydrogen-bond acceptors (Lipinski definition) is 4. The van der Waals surface area contributed by atoms with Crippen LogP contribution in [0.3, 0.4) is 0 Å². The summed E-state index contributed by atoms with van der Waals surface area (Å²) in [5, 5.41) is 0. The van der Waals surface area contributed by atoms with Gasteiger partial charge in [-0.15, -0.1) is 0 Å². The van der Waals surface area contributed by atoms with Gasteiger partial charge in [0.05, 0.1) is 6.61 Å². The smallest absolute Gasteiger partial charge is 0.119 e. The molecular weight excluding hydrogens is 238 g/mol. The molecule has 0 spiro atoms. The minimum Gasteiger partial charge on any atom is -0.494 e. The average Bonchev–Trinajstić information content (AvgIpc) is 2.49. The largest absolute Gasteiger partial charge is 0.494 e. The van der Waals surface area contributed by atoms with E-state index in [1.54, 1.807) is 0 Å². The van der Waals surface area contributed by atoms with E-state index in [4.69, 9.17) is 10.5 Å². The lowest BCUT2D eigenvalue weighted by molar-refractivity contribution is 0.00214. The van der Waals surface area contributed by atoms with Crippen LogP contribution in [0.5, 0.6) is 5.75 Å². The Morgan fingerprint density at radius 1 is 1.21 bits per heavy atom. The summed E-state index contributed by atoms with van der Waals surface area (Å²) in [5.41, 5.74) is 7.68. The first-order valence-corrected chi connectivity index (χ1v) is 7.22. The number of hydrogen-bond donors (Lipinski definition) is 1. The summed E-state index contributed by atoms with van der Waals surface area (Å²) in [5.74, 6) is 0.924. The lowest BCUT2D eigenvalue weighted by Gasteiger charge is -2.49. The molecule has 3 aliphatic heterocycles. The Balaban J connectivity index is 1.71. The van der Waals surface area contributed by atoms with Crippen LogP contribution in [0.2, 0.25) is 0 Å². The van der Waals surface area contributed by atoms with Crippen LogP contribution < -0.4 is 10.5 Å². The molecule has 0 saturated carbocycles. The van der Waals surface area contributed by atoms with Crippen molar-refractivity contribution in [2.24, 2.45) is 5.73 Å². The fourth-order valence-corrected chi connectivity index (χ4v) is 3.17. The average molecular weight is 261 g/mol. The summed E-state index contributed by atoms with van der Waals surface area (Å²) in [6.07, 6.45) is 0. The summed E-state index contributed by atoms with van der Waals surface area (Å²) >= 11 is 0. The van der Waals surface area contributed by atoms with Crippen LogP contribution in [0.15, 0.2) is 24.3 Å². The molecule has 4 rings (SSSR count). The molecule has 2 atom stereocenters. The molecule has 3 saturated heterocycles. The molecule has 3 fully saturated rings. The van der Waals surface area contributed by atoms with E-state index in [0.717, 1.165) is 25.4 Å². The summed E-state index contributed by atoms with van der Waals surface area (Å²) < 4.78 is 5.48. The van der Waals surface area contributed by atoms with Crippen molar-refractivity contribution in [3.8, 4) is 5.75 Å². The molecule has 0 aromatic heterocycles. The van der Waals surface area contributed by atoms with Gasteiger partial charge in [0, 0.05) is 44.8 Å². The highest BCUT2D eigenvalue weighted by atomic mass is 16.5. The highest BCUT2D eigenvalue weighted by molar-refractivity contribution is 5.30. The van der Waals surface area contributed by atoms with Crippen LogP contribution in [0.25, 0.3) is 0 Å². The number of nitrogens with two attached hydrogens (primary N) is 1. The van der Waals surface area contributed by atoms with E-state index in [0.29, 0.717) is 12.6 Å². The molecule has 1 aromatic carbocycles. The molecule has 1 aromatic rings. The van der Waals surface area contributed by atoms with Crippen LogP contribution in [-0.2, 0) is 0 Å². The molecule has 0 amide bonds. The van der Waals surface area contributed by atoms with Crippen molar-refractivity contribution in [1.29, 1.82) is 0 Å². The molecule has 2 N–H and O–H groups in total. The van der Waals surface area contributed by atoms with Gasteiger partial charge in [-0.25, -0.2) is 0 Å². The summed E-state index contributed by atoms with van der Waals surface area (Å²) in [6.45, 7) is 8.54. The lowest BCUT2D eigenvalue weighted by atomic mass is 9.95. The molecular formula is C15H23N3O. The Morgan fingerprint density at radius 3 is 2.42 bits per heavy atom. The number of nitrogens with zero attached hydrogens (tertiary/aromatic N) is 2. The van der Waals surface area contributed by atoms with Gasteiger partial charge in [0.1, 0.15) is 5.75 Å². The molecule has 3 aliphatic rings. The zero-order valence-electron chi connectivity index (χ0n) is 11.6. The molecule has 19 heavy (non-hydrogen) atoms. The SMILES string of the molecule is CCOc1ccc(C(N)C2CN3CCN2CC3)cc1. The summed E-state index contributed by atoms with van der Waals surface area (Å²) in [4.78, 5) is 5.07. The molecule has 0 radical (unpaired) electrons. The van der Waals surface area contributed by atoms with Crippen molar-refractivity contribution in [2.75, 3.05) is 39.3 Å². The monoisotopic (exact) mass is 261 g/mol. The first kappa shape index (κ1) is 12.9. The quantitative estimate of drug-likeness (QED) is 0.881. The van der Waals surface area contributed by atoms with E-state index >= 15 is 0 Å². The van der Waals surface area contributed by atoms with Crippen LogP contribution >= 0.6 is 0 Å². The van der Waals surface area contributed by atoms with Crippen molar-refractivity contribution in [1.82, 2.24) is 9.80 Å². The third-order valence-electron chi connectivity index (χ3n) is 4.31. The van der Waals surface area contributed by atoms with Gasteiger partial charge in [0.2, 0.25) is 0 Å². The van der Waals surface area contributed by atoms with Crippen molar-refractivity contribution >= 4 is 0 Å². The first-order valence-electron chi connectivity index (χ1n) is 7.22. The number of benzene rings is 1. The Hall–Kier alpha value is -1.10. The van der Waals surface area contributed by atoms with E-state index in [-0.39, 0.29) is 6.04 Å². The Morgan fingerprint density at radius 2 is 1.89 bits per heavy atom. The van der Waals surface area contributed by atoms with E-state index in [2.05, 4.69) is 21.9 Å². The fraction of sp³-hybridized carbons (Fsp3) is 0.600. The topological polar surface area (TPSA) is 41.7 Å². The maximum absolute atomic E-state index is 6.47. The van der Waals surface area contributed by atoms with Crippen molar-refractivity contribution in [3.05, 3.63) is 29.8 Å². The predicted molar refractivity (Wildman–Crippen MR) is 76.3 cm³/mol. The van der Waals surface area contributed by atoms with Crippen LogP contribution in [0, 0.1) is 0 Å². The zero-order valence-corrected chi connectivity index (χ0v) is 11.6. The second kappa shape index (κ2) is 5.49. The lowest BCUT2D eigenvalue weighted by Crippen LogP contribution is -2.63. The van der Waals surface area contributed by atoms with Gasteiger partial charge in [-0.1, -0.05) is 12.1 Å². The van der Waals surface area contributed by atoms with Gasteiger partial charge in [0.25, 0.3) is 0 Å². The fourth-order valence-electron chi connectivity index (χ4n) is 3.17. The van der Waals surface area contributed by atoms with E-state index in [1.807, 2.05) is 19.1 Å². The second-order valence-electron chi connectivity index (χ2n) is 5.43. The normalized spacial score (nSPS) is 31.2. The van der Waals surface area contributed by atoms with E-state index < -0.39 is 0 Å². The molecule has 104 valence electrons. The number of fused-ring (bicyclic) bond motifs is 3. The standard InChI is InChI=1S/C15H23N3O/c1-2-19-13-5-3-12(4-6-13)15(16)14-11-17-7-9-18(14)10-8-17/h3-6,14-15H,2,7-11,16H2,1H3. The van der Waals surface area contributed by atoms with Crippen molar-refractivity contribution in [2.45, 2.75) is 19.0 Å². The van der Waals surface area contributed by atoms with E-state index in [9.17, 15) is 0 Å². The maximum Gasteiger partial charge on any atom is 0.119 e. The summed E-state index contributed by atoms with van der Waals surface area (Å²) in [7, 11) is 0. The van der Waals surface area contributed by atoms with Gasteiger partial charge < -0.3 is 10.5 Å². The predicted octanol–water partition coefficient (Wildman–Crippen LogP) is 1.08. The summed E-state index contributed by atoms with van der Waals surface area (Å²) in [6, 6.07) is 8.81. The minimum atomic E-state index is 0.0961. The molecule has 3 heterocycles. The molecule has 4 nitrogen and oxygen atoms in total. The number of rotatable bonds is 4. The van der Waals surface area contributed by atoms with Crippen molar-refractivity contribution < 1.29 is 4.74 Å². The van der Waals surface area contributed by atoms with Gasteiger partial charge in [-0.2, -0.15) is 0 Å². The third-order valence-corrected chi connectivity index (χ3v) is 4.31. The van der Waals surface area contributed by atoms with E-state index in [1.165, 1.54) is 18.7 Å². The van der Waals surface area contributed by atoms with Crippen LogP contribution in [0.1, 0.15) is 18.5 Å². The Bertz CT molecular complexity index is 412. The first-order chi connectivity index (χ1) is 9.28. The molecule has 2 unspecified atom stereocenters. The van der Waals surface area contributed by atoms with Gasteiger partial charge in [-0.3, -0.25) is 9.80 Å². The van der Waals surface area contributed by atoms with Crippen LogP contribution in [0.4, 0.5) is 0 Å². The van der Waals surface area contributed by atoms with Crippen LogP contribution in [-0.4, -0.2) is 55.2 Å². The highest BCUT2D eigenvalue weighted by Crippen LogP contribution is 2.26. The molecule has 2 bridgehead atoms.